The van der Waals surface area contributed by atoms with Crippen LogP contribution in [0.4, 0.5) is 0 Å². The molecule has 2 aromatic carbocycles. The molecule has 4 rings (SSSR count). The van der Waals surface area contributed by atoms with E-state index in [2.05, 4.69) is 0 Å². The van der Waals surface area contributed by atoms with E-state index in [0.29, 0.717) is 22.1 Å². The summed E-state index contributed by atoms with van der Waals surface area (Å²) in [5.74, 6) is 1.02. The van der Waals surface area contributed by atoms with Gasteiger partial charge in [-0.3, -0.25) is 4.79 Å². The van der Waals surface area contributed by atoms with Crippen molar-refractivity contribution < 1.29 is 14.3 Å². The van der Waals surface area contributed by atoms with Gasteiger partial charge in [-0.1, -0.05) is 29.8 Å². The van der Waals surface area contributed by atoms with E-state index in [9.17, 15) is 4.79 Å². The summed E-state index contributed by atoms with van der Waals surface area (Å²) in [4.78, 5) is 19.8. The molecule has 2 heterocycles. The minimum Gasteiger partial charge on any atom is -0.484 e. The summed E-state index contributed by atoms with van der Waals surface area (Å²) in [5.41, 5.74) is 1.91. The van der Waals surface area contributed by atoms with Gasteiger partial charge in [0, 0.05) is 29.1 Å². The van der Waals surface area contributed by atoms with Crippen molar-refractivity contribution in [2.45, 2.75) is 45.8 Å². The van der Waals surface area contributed by atoms with Crippen molar-refractivity contribution in [2.75, 3.05) is 13.1 Å². The first kappa shape index (κ1) is 22.6. The molecule has 0 atom stereocenters. The Kier molecular flexibility index (Phi) is 6.72. The van der Waals surface area contributed by atoms with Gasteiger partial charge in [0.05, 0.1) is 11.3 Å². The average molecular weight is 471 g/mol. The van der Waals surface area contributed by atoms with E-state index in [1.54, 1.807) is 11.3 Å². The number of rotatable bonds is 6. The second-order valence-corrected chi connectivity index (χ2v) is 10.1. The Morgan fingerprint density at radius 3 is 2.53 bits per heavy atom. The molecule has 0 aliphatic carbocycles. The lowest BCUT2D eigenvalue weighted by Gasteiger charge is -2.25. The number of benzene rings is 2. The summed E-state index contributed by atoms with van der Waals surface area (Å²) in [6.45, 7) is 7.73. The van der Waals surface area contributed by atoms with Crippen LogP contribution in [0.15, 0.2) is 47.8 Å². The number of para-hydroxylation sites is 1. The number of carbonyl (C=O) groups is 1. The Hall–Kier alpha value is -2.57. The van der Waals surface area contributed by atoms with Crippen molar-refractivity contribution in [3.63, 3.8) is 0 Å². The van der Waals surface area contributed by atoms with Gasteiger partial charge in [0.1, 0.15) is 17.2 Å². The van der Waals surface area contributed by atoms with Gasteiger partial charge in [-0.25, -0.2) is 4.98 Å². The third kappa shape index (κ3) is 5.43. The van der Waals surface area contributed by atoms with Crippen LogP contribution in [0.2, 0.25) is 5.02 Å². The third-order valence-corrected chi connectivity index (χ3v) is 6.22. The van der Waals surface area contributed by atoms with E-state index >= 15 is 0 Å². The van der Waals surface area contributed by atoms with Crippen molar-refractivity contribution in [3.05, 3.63) is 64.1 Å². The highest BCUT2D eigenvalue weighted by atomic mass is 35.5. The topological polar surface area (TPSA) is 51.7 Å². The summed E-state index contributed by atoms with van der Waals surface area (Å²) in [7, 11) is 0. The van der Waals surface area contributed by atoms with Crippen molar-refractivity contribution in [1.82, 2.24) is 9.88 Å². The predicted octanol–water partition coefficient (Wildman–Crippen LogP) is 6.46. The Morgan fingerprint density at radius 1 is 1.12 bits per heavy atom. The fourth-order valence-electron chi connectivity index (χ4n) is 3.58. The number of hydrogen-bond donors (Lipinski definition) is 0. The summed E-state index contributed by atoms with van der Waals surface area (Å²) in [6.07, 6.45) is 2.07. The largest absolute Gasteiger partial charge is 0.484 e. The molecule has 0 unspecified atom stereocenters. The van der Waals surface area contributed by atoms with E-state index in [-0.39, 0.29) is 12.5 Å². The molecule has 1 saturated heterocycles. The van der Waals surface area contributed by atoms with Crippen LogP contribution in [0.25, 0.3) is 10.6 Å². The minimum atomic E-state index is -0.421. The van der Waals surface area contributed by atoms with E-state index in [0.717, 1.165) is 42.2 Å². The van der Waals surface area contributed by atoms with E-state index in [4.69, 9.17) is 26.1 Å². The maximum Gasteiger partial charge on any atom is 0.257 e. The number of carbonyl (C=O) groups excluding carboxylic acids is 1. The first-order chi connectivity index (χ1) is 15.3. The van der Waals surface area contributed by atoms with E-state index < -0.39 is 5.60 Å². The molecule has 0 radical (unpaired) electrons. The molecular weight excluding hydrogens is 444 g/mol. The minimum absolute atomic E-state index is 0.0167. The first-order valence-electron chi connectivity index (χ1n) is 10.7. The van der Waals surface area contributed by atoms with Crippen molar-refractivity contribution in [2.24, 2.45) is 0 Å². The van der Waals surface area contributed by atoms with Gasteiger partial charge in [-0.2, -0.15) is 0 Å². The van der Waals surface area contributed by atoms with Crippen LogP contribution < -0.4 is 9.47 Å². The first-order valence-corrected chi connectivity index (χ1v) is 12.0. The fraction of sp³-hybridized carbons (Fsp3) is 0.360. The molecule has 0 bridgehead atoms. The number of ether oxygens (including phenoxy) is 2. The number of halogens is 1. The highest BCUT2D eigenvalue weighted by Crippen LogP contribution is 2.36. The van der Waals surface area contributed by atoms with Crippen LogP contribution in [0.1, 0.15) is 49.7 Å². The maximum atomic E-state index is 13.2. The van der Waals surface area contributed by atoms with Crippen LogP contribution in [-0.4, -0.2) is 34.5 Å². The fourth-order valence-corrected chi connectivity index (χ4v) is 4.51. The monoisotopic (exact) mass is 470 g/mol. The maximum absolute atomic E-state index is 13.2. The lowest BCUT2D eigenvalue weighted by Crippen LogP contribution is -2.29. The van der Waals surface area contributed by atoms with Gasteiger partial charge in [0.15, 0.2) is 11.5 Å². The van der Waals surface area contributed by atoms with Crippen LogP contribution >= 0.6 is 22.9 Å². The molecule has 1 aromatic heterocycles. The van der Waals surface area contributed by atoms with Crippen LogP contribution in [0.5, 0.6) is 11.5 Å². The highest BCUT2D eigenvalue weighted by Gasteiger charge is 2.26. The van der Waals surface area contributed by atoms with Crippen LogP contribution in [0.3, 0.4) is 0 Å². The van der Waals surface area contributed by atoms with Gasteiger partial charge in [0.25, 0.3) is 5.91 Å². The predicted molar refractivity (Wildman–Crippen MR) is 129 cm³/mol. The highest BCUT2D eigenvalue weighted by molar-refractivity contribution is 7.13. The number of thiazole rings is 1. The van der Waals surface area contributed by atoms with Gasteiger partial charge < -0.3 is 14.4 Å². The quantitative estimate of drug-likeness (QED) is 0.415. The zero-order valence-electron chi connectivity index (χ0n) is 18.6. The number of likely N-dealkylation sites (tertiary alicyclic amines) is 1. The summed E-state index contributed by atoms with van der Waals surface area (Å²) in [5, 5.41) is 3.56. The zero-order chi connectivity index (χ0) is 22.7. The van der Waals surface area contributed by atoms with Gasteiger partial charge in [-0.05, 0) is 57.9 Å². The summed E-state index contributed by atoms with van der Waals surface area (Å²) < 4.78 is 12.3. The number of aromatic nitrogens is 1. The van der Waals surface area contributed by atoms with Crippen molar-refractivity contribution >= 4 is 28.8 Å². The molecule has 7 heteroatoms. The van der Waals surface area contributed by atoms with E-state index in [1.807, 2.05) is 73.5 Å². The summed E-state index contributed by atoms with van der Waals surface area (Å²) in [6, 6.07) is 13.1. The summed E-state index contributed by atoms with van der Waals surface area (Å²) >= 11 is 7.54. The lowest BCUT2D eigenvalue weighted by atomic mass is 10.1. The smallest absolute Gasteiger partial charge is 0.257 e. The average Bonchev–Trinajstić information content (AvgIpc) is 3.44. The SMILES string of the molecule is CC(C)(C)Oc1cccc(C(=O)N2CCCC2)c1OCc1csc(-c2ccc(Cl)cc2)n1. The van der Waals surface area contributed by atoms with Gasteiger partial charge in [0.2, 0.25) is 0 Å². The van der Waals surface area contributed by atoms with Crippen LogP contribution in [-0.2, 0) is 6.61 Å². The Morgan fingerprint density at radius 2 is 1.84 bits per heavy atom. The molecule has 0 spiro atoms. The lowest BCUT2D eigenvalue weighted by molar-refractivity contribution is 0.0782. The number of amides is 1. The normalized spacial score (nSPS) is 13.9. The molecule has 3 aromatic rings. The Balaban J connectivity index is 1.58. The number of hydrogen-bond acceptors (Lipinski definition) is 5. The van der Waals surface area contributed by atoms with Gasteiger partial charge >= 0.3 is 0 Å². The van der Waals surface area contributed by atoms with Gasteiger partial charge in [-0.15, -0.1) is 11.3 Å². The molecule has 168 valence electrons. The number of nitrogens with zero attached hydrogens (tertiary/aromatic N) is 2. The standard InChI is InChI=1S/C25H27ClN2O3S/c1-25(2,3)31-21-8-6-7-20(24(29)28-13-4-5-14-28)22(21)30-15-19-16-32-23(27-19)17-9-11-18(26)12-10-17/h6-12,16H,4-5,13-15H2,1-3H3. The second kappa shape index (κ2) is 9.51. The Bertz CT molecular complexity index is 1080. The molecule has 1 fully saturated rings. The molecule has 1 aliphatic heterocycles. The third-order valence-electron chi connectivity index (χ3n) is 5.03. The molecule has 32 heavy (non-hydrogen) atoms. The molecule has 1 aliphatic rings. The molecule has 0 N–H and O–H groups in total. The van der Waals surface area contributed by atoms with E-state index in [1.165, 1.54) is 0 Å². The molecule has 0 saturated carbocycles. The second-order valence-electron chi connectivity index (χ2n) is 8.79. The van der Waals surface area contributed by atoms with Crippen LogP contribution in [0, 0.1) is 0 Å². The Labute approximate surface area is 198 Å². The zero-order valence-corrected chi connectivity index (χ0v) is 20.1. The van der Waals surface area contributed by atoms with Crippen molar-refractivity contribution in [3.8, 4) is 22.1 Å². The van der Waals surface area contributed by atoms with Crippen molar-refractivity contribution in [1.29, 1.82) is 0 Å². The molecule has 1 amide bonds. The molecular formula is C25H27ClN2O3S. The molecule has 5 nitrogen and oxygen atoms in total.